The minimum absolute atomic E-state index is 0.0208. The molecule has 1 unspecified atom stereocenters. The number of aliphatic carboxylic acids is 1. The number of hydrogen-bond donors (Lipinski definition) is 2. The highest BCUT2D eigenvalue weighted by molar-refractivity contribution is 7.85. The lowest BCUT2D eigenvalue weighted by Gasteiger charge is -2.00. The fourth-order valence-electron chi connectivity index (χ4n) is 1.98. The van der Waals surface area contributed by atoms with Crippen molar-refractivity contribution < 1.29 is 18.9 Å². The Morgan fingerprint density at radius 2 is 2.00 bits per heavy atom. The van der Waals surface area contributed by atoms with Gasteiger partial charge in [-0.2, -0.15) is 0 Å². The molecule has 1 aromatic carbocycles. The van der Waals surface area contributed by atoms with E-state index in [4.69, 9.17) is 5.11 Å². The number of ketones is 1. The number of nitrogens with one attached hydrogen (secondary N) is 1. The van der Waals surface area contributed by atoms with Gasteiger partial charge in [0.05, 0.1) is 5.75 Å². The molecule has 20 heavy (non-hydrogen) atoms. The molecule has 1 heterocycles. The maximum Gasteiger partial charge on any atom is 0.303 e. The van der Waals surface area contributed by atoms with Crippen LogP contribution in [0.5, 0.6) is 0 Å². The van der Waals surface area contributed by atoms with Gasteiger partial charge in [-0.1, -0.05) is 18.2 Å². The number of benzene rings is 1. The number of carboxylic acids is 1. The van der Waals surface area contributed by atoms with Gasteiger partial charge in [-0.05, 0) is 12.5 Å². The molecule has 0 amide bonds. The number of hydrogen-bond acceptors (Lipinski definition) is 3. The lowest BCUT2D eigenvalue weighted by Crippen LogP contribution is -2.13. The van der Waals surface area contributed by atoms with Crippen LogP contribution in [0.15, 0.2) is 30.5 Å². The highest BCUT2D eigenvalue weighted by Crippen LogP contribution is 2.18. The zero-order valence-electron chi connectivity index (χ0n) is 10.8. The highest BCUT2D eigenvalue weighted by Gasteiger charge is 2.14. The van der Waals surface area contributed by atoms with Crippen molar-refractivity contribution in [2.24, 2.45) is 0 Å². The fourth-order valence-corrected chi connectivity index (χ4v) is 3.04. The molecule has 1 aromatic heterocycles. The zero-order chi connectivity index (χ0) is 14.5. The third kappa shape index (κ3) is 3.54. The van der Waals surface area contributed by atoms with Crippen LogP contribution >= 0.6 is 0 Å². The van der Waals surface area contributed by atoms with E-state index in [1.165, 1.54) is 0 Å². The Hall–Kier alpha value is -1.95. The minimum atomic E-state index is -1.32. The van der Waals surface area contributed by atoms with E-state index in [0.717, 1.165) is 10.9 Å². The summed E-state index contributed by atoms with van der Waals surface area (Å²) in [5.41, 5.74) is 1.40. The number of aromatic amines is 1. The lowest BCUT2D eigenvalue weighted by molar-refractivity contribution is -0.137. The first kappa shape index (κ1) is 14.5. The van der Waals surface area contributed by atoms with Gasteiger partial charge in [-0.25, -0.2) is 0 Å². The van der Waals surface area contributed by atoms with E-state index in [9.17, 15) is 13.8 Å². The van der Waals surface area contributed by atoms with Gasteiger partial charge in [0.25, 0.3) is 0 Å². The van der Waals surface area contributed by atoms with Crippen LogP contribution in [0.4, 0.5) is 0 Å². The summed E-state index contributed by atoms with van der Waals surface area (Å²) in [5.74, 6) is -0.928. The summed E-state index contributed by atoms with van der Waals surface area (Å²) in [7, 11) is -1.32. The van der Waals surface area contributed by atoms with E-state index in [1.807, 2.05) is 24.3 Å². The minimum Gasteiger partial charge on any atom is -0.481 e. The smallest absolute Gasteiger partial charge is 0.303 e. The number of carbonyl (C=O) groups excluding carboxylic acids is 1. The number of para-hydroxylation sites is 1. The maximum atomic E-state index is 12.1. The molecule has 0 radical (unpaired) electrons. The van der Waals surface area contributed by atoms with Crippen LogP contribution < -0.4 is 0 Å². The third-order valence-electron chi connectivity index (χ3n) is 2.94. The molecular weight excluding hydrogens is 278 g/mol. The van der Waals surface area contributed by atoms with E-state index >= 15 is 0 Å². The molecule has 2 aromatic rings. The molecular formula is C14H15NO4S. The summed E-state index contributed by atoms with van der Waals surface area (Å²) in [4.78, 5) is 25.5. The molecule has 0 bridgehead atoms. The Morgan fingerprint density at radius 3 is 2.75 bits per heavy atom. The summed E-state index contributed by atoms with van der Waals surface area (Å²) in [5, 5.41) is 9.33. The highest BCUT2D eigenvalue weighted by atomic mass is 32.2. The predicted molar refractivity (Wildman–Crippen MR) is 77.4 cm³/mol. The molecule has 106 valence electrons. The molecule has 0 aliphatic carbocycles. The normalized spacial score (nSPS) is 12.4. The van der Waals surface area contributed by atoms with Gasteiger partial charge in [-0.15, -0.1) is 0 Å². The lowest BCUT2D eigenvalue weighted by atomic mass is 10.1. The first-order chi connectivity index (χ1) is 9.58. The van der Waals surface area contributed by atoms with Crippen molar-refractivity contribution in [2.45, 2.75) is 12.8 Å². The van der Waals surface area contributed by atoms with Crippen LogP contribution in [0.1, 0.15) is 23.2 Å². The van der Waals surface area contributed by atoms with Crippen LogP contribution in [0, 0.1) is 0 Å². The van der Waals surface area contributed by atoms with Crippen LogP contribution in [0.25, 0.3) is 10.9 Å². The number of rotatable bonds is 7. The zero-order valence-corrected chi connectivity index (χ0v) is 11.6. The van der Waals surface area contributed by atoms with Gasteiger partial charge < -0.3 is 10.1 Å². The van der Waals surface area contributed by atoms with Crippen LogP contribution in [-0.2, 0) is 15.6 Å². The topological polar surface area (TPSA) is 87.2 Å². The Labute approximate surface area is 118 Å². The van der Waals surface area contributed by atoms with Gasteiger partial charge in [0.2, 0.25) is 0 Å². The molecule has 0 aliphatic heterocycles. The van der Waals surface area contributed by atoms with Crippen molar-refractivity contribution in [3.05, 3.63) is 36.0 Å². The standard InChI is InChI=1S/C14H15NO4S/c16-13(9-20(19)7-3-6-14(17)18)11-8-15-12-5-2-1-4-10(11)12/h1-2,4-5,8,15H,3,6-7,9H2,(H,17,18). The summed E-state index contributed by atoms with van der Waals surface area (Å²) in [6.07, 6.45) is 1.93. The van der Waals surface area contributed by atoms with Crippen molar-refractivity contribution in [1.82, 2.24) is 4.98 Å². The second kappa shape index (κ2) is 6.47. The van der Waals surface area contributed by atoms with Crippen LogP contribution in [0.3, 0.4) is 0 Å². The average Bonchev–Trinajstić information content (AvgIpc) is 2.82. The summed E-state index contributed by atoms with van der Waals surface area (Å²) in [6.45, 7) is 0. The van der Waals surface area contributed by atoms with Gasteiger partial charge in [0, 0.05) is 45.6 Å². The number of carboxylic acid groups (broad SMARTS) is 1. The van der Waals surface area contributed by atoms with Crippen LogP contribution in [-0.4, -0.2) is 37.6 Å². The number of fused-ring (bicyclic) bond motifs is 1. The van der Waals surface area contributed by atoms with Crippen molar-refractivity contribution in [1.29, 1.82) is 0 Å². The monoisotopic (exact) mass is 293 g/mol. The quantitative estimate of drug-likeness (QED) is 0.764. The van der Waals surface area contributed by atoms with E-state index in [2.05, 4.69) is 4.98 Å². The van der Waals surface area contributed by atoms with Gasteiger partial charge in [0.1, 0.15) is 0 Å². The Balaban J connectivity index is 1.98. The molecule has 2 rings (SSSR count). The molecule has 0 saturated carbocycles. The van der Waals surface area contributed by atoms with Gasteiger partial charge in [-0.3, -0.25) is 13.8 Å². The Morgan fingerprint density at radius 1 is 1.25 bits per heavy atom. The van der Waals surface area contributed by atoms with E-state index in [-0.39, 0.29) is 23.7 Å². The Kier molecular flexibility index (Phi) is 4.68. The van der Waals surface area contributed by atoms with E-state index < -0.39 is 16.8 Å². The van der Waals surface area contributed by atoms with Crippen molar-refractivity contribution >= 4 is 33.5 Å². The van der Waals surface area contributed by atoms with E-state index in [0.29, 0.717) is 12.0 Å². The summed E-state index contributed by atoms with van der Waals surface area (Å²) >= 11 is 0. The third-order valence-corrected chi connectivity index (χ3v) is 4.27. The van der Waals surface area contributed by atoms with Crippen LogP contribution in [0.2, 0.25) is 0 Å². The molecule has 5 nitrogen and oxygen atoms in total. The predicted octanol–water partition coefficient (Wildman–Crippen LogP) is 1.96. The largest absolute Gasteiger partial charge is 0.481 e. The van der Waals surface area contributed by atoms with Gasteiger partial charge >= 0.3 is 5.97 Å². The van der Waals surface area contributed by atoms with Crippen molar-refractivity contribution in [3.63, 3.8) is 0 Å². The maximum absolute atomic E-state index is 12.1. The van der Waals surface area contributed by atoms with Crippen molar-refractivity contribution in [2.75, 3.05) is 11.5 Å². The van der Waals surface area contributed by atoms with Gasteiger partial charge in [0.15, 0.2) is 5.78 Å². The Bertz CT molecular complexity index is 662. The van der Waals surface area contributed by atoms with E-state index in [1.54, 1.807) is 6.20 Å². The summed E-state index contributed by atoms with van der Waals surface area (Å²) < 4.78 is 11.8. The number of H-pyrrole nitrogens is 1. The molecule has 2 N–H and O–H groups in total. The molecule has 0 aliphatic rings. The number of carbonyl (C=O) groups is 2. The molecule has 6 heteroatoms. The second-order valence-corrected chi connectivity index (χ2v) is 6.03. The molecule has 0 fully saturated rings. The fraction of sp³-hybridized carbons (Fsp3) is 0.286. The second-order valence-electron chi connectivity index (χ2n) is 4.46. The summed E-state index contributed by atoms with van der Waals surface area (Å²) in [6, 6.07) is 7.43. The molecule has 0 spiro atoms. The van der Waals surface area contributed by atoms with Crippen molar-refractivity contribution in [3.8, 4) is 0 Å². The number of Topliss-reactive ketones (excluding diaryl/α,β-unsaturated/α-hetero) is 1. The first-order valence-electron chi connectivity index (χ1n) is 6.24. The first-order valence-corrected chi connectivity index (χ1v) is 7.73. The molecule has 0 saturated heterocycles. The molecule has 1 atom stereocenters. The number of aromatic nitrogens is 1. The SMILES string of the molecule is O=C(O)CCCS(=O)CC(=O)c1c[nH]c2ccccc12. The average molecular weight is 293 g/mol.